The Bertz CT molecular complexity index is 1100. The molecule has 7 heteroatoms. The van der Waals surface area contributed by atoms with Crippen molar-refractivity contribution in [2.24, 2.45) is 0 Å². The molecule has 0 saturated carbocycles. The number of aromatic amines is 1. The van der Waals surface area contributed by atoms with Gasteiger partial charge in [0.1, 0.15) is 5.82 Å². The number of hydrogen-bond donors (Lipinski definition) is 2. The first-order chi connectivity index (χ1) is 13.1. The van der Waals surface area contributed by atoms with Crippen LogP contribution in [0.25, 0.3) is 16.9 Å². The largest absolute Gasteiger partial charge is 0.343 e. The summed E-state index contributed by atoms with van der Waals surface area (Å²) in [4.78, 5) is 24.3. The number of H-pyrrole nitrogens is 1. The van der Waals surface area contributed by atoms with E-state index < -0.39 is 0 Å². The highest BCUT2D eigenvalue weighted by Crippen LogP contribution is 2.18. The van der Waals surface area contributed by atoms with Gasteiger partial charge in [0.05, 0.1) is 35.9 Å². The number of halogens is 1. The summed E-state index contributed by atoms with van der Waals surface area (Å²) < 4.78 is 15.1. The number of pyridine rings is 1. The number of aryl methyl sites for hydroxylation is 1. The summed E-state index contributed by atoms with van der Waals surface area (Å²) in [6.45, 7) is 2.13. The van der Waals surface area contributed by atoms with E-state index in [9.17, 15) is 9.18 Å². The van der Waals surface area contributed by atoms with Crippen molar-refractivity contribution >= 4 is 11.4 Å². The lowest BCUT2D eigenvalue weighted by Gasteiger charge is -2.01. The molecule has 2 N–H and O–H groups in total. The quantitative estimate of drug-likeness (QED) is 0.548. The van der Waals surface area contributed by atoms with E-state index in [1.165, 1.54) is 12.1 Å². The van der Waals surface area contributed by atoms with E-state index in [2.05, 4.69) is 20.3 Å². The molecule has 0 unspecified atom stereocenters. The van der Waals surface area contributed by atoms with Gasteiger partial charge in [0.2, 0.25) is 5.69 Å². The molecule has 1 amide bonds. The molecule has 0 aliphatic heterocycles. The van der Waals surface area contributed by atoms with Gasteiger partial charge in [0, 0.05) is 6.20 Å². The molecule has 1 aromatic carbocycles. The normalized spacial score (nSPS) is 10.9. The van der Waals surface area contributed by atoms with Crippen LogP contribution >= 0.6 is 0 Å². The molecule has 3 aromatic heterocycles. The van der Waals surface area contributed by atoms with E-state index in [-0.39, 0.29) is 18.3 Å². The van der Waals surface area contributed by atoms with Crippen molar-refractivity contribution in [1.29, 1.82) is 0 Å². The fourth-order valence-electron chi connectivity index (χ4n) is 2.85. The van der Waals surface area contributed by atoms with Gasteiger partial charge in [0.15, 0.2) is 5.52 Å². The number of imidazole rings is 1. The zero-order valence-electron chi connectivity index (χ0n) is 14.6. The number of carbonyl (C=O) groups is 1. The number of carbonyl (C=O) groups excluding carboxylic acids is 1. The molecule has 27 heavy (non-hydrogen) atoms. The number of benzene rings is 1. The Morgan fingerprint density at radius 2 is 1.96 bits per heavy atom. The van der Waals surface area contributed by atoms with Crippen LogP contribution in [0.1, 0.15) is 21.9 Å². The third-order valence-electron chi connectivity index (χ3n) is 4.21. The van der Waals surface area contributed by atoms with Gasteiger partial charge in [0.25, 0.3) is 11.7 Å². The molecule has 0 radical (unpaired) electrons. The minimum absolute atomic E-state index is 0.255. The number of nitrogens with zero attached hydrogens (tertiary/aromatic N) is 3. The number of rotatable bonds is 4. The molecule has 0 spiro atoms. The van der Waals surface area contributed by atoms with Crippen molar-refractivity contribution < 1.29 is 13.6 Å². The van der Waals surface area contributed by atoms with Crippen LogP contribution in [0.2, 0.25) is 0 Å². The van der Waals surface area contributed by atoms with Crippen LogP contribution in [0.3, 0.4) is 0 Å². The zero-order chi connectivity index (χ0) is 18.8. The van der Waals surface area contributed by atoms with Crippen molar-refractivity contribution in [2.45, 2.75) is 13.5 Å². The lowest BCUT2D eigenvalue weighted by atomic mass is 10.2. The third kappa shape index (κ3) is 3.39. The average Bonchev–Trinajstić information content (AvgIpc) is 3.08. The highest BCUT2D eigenvalue weighted by molar-refractivity contribution is 5.98. The maximum atomic E-state index is 13.2. The maximum absolute atomic E-state index is 13.2. The van der Waals surface area contributed by atoms with Gasteiger partial charge in [-0.1, -0.05) is 6.07 Å². The maximum Gasteiger partial charge on any atom is 0.295 e. The number of hydrogen-bond acceptors (Lipinski definition) is 3. The molecule has 0 bridgehead atoms. The van der Waals surface area contributed by atoms with Gasteiger partial charge >= 0.3 is 0 Å². The van der Waals surface area contributed by atoms with Gasteiger partial charge in [-0.15, -0.1) is 0 Å². The van der Waals surface area contributed by atoms with Crippen LogP contribution < -0.4 is 9.72 Å². The summed E-state index contributed by atoms with van der Waals surface area (Å²) in [6.07, 6.45) is 5.15. The minimum atomic E-state index is -0.309. The van der Waals surface area contributed by atoms with Crippen LogP contribution in [0.5, 0.6) is 0 Å². The molecule has 0 fully saturated rings. The number of nitrogens with one attached hydrogen (secondary N) is 2. The van der Waals surface area contributed by atoms with E-state index in [0.717, 1.165) is 16.8 Å². The van der Waals surface area contributed by atoms with Crippen LogP contribution in [-0.2, 0) is 6.54 Å². The van der Waals surface area contributed by atoms with Crippen LogP contribution in [0.4, 0.5) is 4.39 Å². The van der Waals surface area contributed by atoms with Crippen molar-refractivity contribution in [2.75, 3.05) is 0 Å². The molecule has 0 aliphatic rings. The highest BCUT2D eigenvalue weighted by Gasteiger charge is 2.24. The molecule has 0 saturated heterocycles. The van der Waals surface area contributed by atoms with Crippen molar-refractivity contribution in [3.8, 4) is 11.4 Å². The molecule has 3 heterocycles. The summed E-state index contributed by atoms with van der Waals surface area (Å²) in [6, 6.07) is 11.7. The zero-order valence-corrected chi connectivity index (χ0v) is 14.6. The highest BCUT2D eigenvalue weighted by atomic mass is 19.1. The Morgan fingerprint density at radius 1 is 1.15 bits per heavy atom. The summed E-state index contributed by atoms with van der Waals surface area (Å²) in [7, 11) is 0. The van der Waals surface area contributed by atoms with E-state index >= 15 is 0 Å². The predicted octanol–water partition coefficient (Wildman–Crippen LogP) is 2.59. The Balaban J connectivity index is 1.66. The summed E-state index contributed by atoms with van der Waals surface area (Å²) >= 11 is 0. The lowest BCUT2D eigenvalue weighted by molar-refractivity contribution is -0.498. The van der Waals surface area contributed by atoms with Crippen LogP contribution in [0.15, 0.2) is 61.1 Å². The summed E-state index contributed by atoms with van der Waals surface area (Å²) in [5.41, 5.74) is 3.43. The van der Waals surface area contributed by atoms with Gasteiger partial charge in [-0.2, -0.15) is 4.40 Å². The van der Waals surface area contributed by atoms with Gasteiger partial charge in [-0.05, 0) is 43.3 Å². The Labute approximate surface area is 154 Å². The molecule has 4 aromatic rings. The van der Waals surface area contributed by atoms with E-state index in [1.807, 2.05) is 35.7 Å². The average molecular weight is 362 g/mol. The molecule has 4 rings (SSSR count). The Hall–Kier alpha value is -3.61. The molecule has 0 atom stereocenters. The van der Waals surface area contributed by atoms with Crippen molar-refractivity contribution in [1.82, 2.24) is 20.3 Å². The van der Waals surface area contributed by atoms with Crippen LogP contribution in [0, 0.1) is 12.7 Å². The summed E-state index contributed by atoms with van der Waals surface area (Å²) in [5.74, 6) is 0.136. The second-order valence-corrected chi connectivity index (χ2v) is 6.14. The van der Waals surface area contributed by atoms with E-state index in [1.54, 1.807) is 24.5 Å². The first-order valence-electron chi connectivity index (χ1n) is 8.46. The Morgan fingerprint density at radius 3 is 2.70 bits per heavy atom. The van der Waals surface area contributed by atoms with Gasteiger partial charge in [-0.25, -0.2) is 9.37 Å². The molecular weight excluding hydrogens is 345 g/mol. The second kappa shape index (κ2) is 6.95. The third-order valence-corrected chi connectivity index (χ3v) is 4.21. The first kappa shape index (κ1) is 16.8. The van der Waals surface area contributed by atoms with E-state index in [0.29, 0.717) is 17.2 Å². The number of aromatic nitrogens is 4. The van der Waals surface area contributed by atoms with Gasteiger partial charge < -0.3 is 5.32 Å². The molecule has 0 aliphatic carbocycles. The standard InChI is InChI=1S/C20H16FN5O/c1-13-10-23-16(11-22-13)12-24-20(27)18-17-4-2-3-9-26(17)19(25-18)14-5-7-15(21)8-6-14/h2-11H,12H2,1H3,(H,24,27)/p+1. The lowest BCUT2D eigenvalue weighted by Crippen LogP contribution is -2.25. The minimum Gasteiger partial charge on any atom is -0.343 e. The monoisotopic (exact) mass is 362 g/mol. The Kier molecular flexibility index (Phi) is 4.33. The van der Waals surface area contributed by atoms with Crippen molar-refractivity contribution in [3.05, 3.63) is 84.0 Å². The summed E-state index contributed by atoms with van der Waals surface area (Å²) in [5, 5.41) is 2.85. The fraction of sp³-hybridized carbons (Fsp3) is 0.100. The van der Waals surface area contributed by atoms with Crippen LogP contribution in [-0.4, -0.2) is 20.9 Å². The smallest absolute Gasteiger partial charge is 0.295 e. The second-order valence-electron chi connectivity index (χ2n) is 6.14. The molecule has 6 nitrogen and oxygen atoms in total. The number of amides is 1. The fourth-order valence-corrected chi connectivity index (χ4v) is 2.85. The first-order valence-corrected chi connectivity index (χ1v) is 8.46. The topological polar surface area (TPSA) is 74.8 Å². The van der Waals surface area contributed by atoms with E-state index in [4.69, 9.17) is 0 Å². The van der Waals surface area contributed by atoms with Gasteiger partial charge in [-0.3, -0.25) is 14.8 Å². The predicted molar refractivity (Wildman–Crippen MR) is 97.3 cm³/mol. The SMILES string of the molecule is Cc1cnc(CNC(=O)c2[nH]c(-c3ccc(F)cc3)[n+]3ccccc23)cn1. The molecular formula is C20H17FN5O+. The number of fused-ring (bicyclic) bond motifs is 1. The van der Waals surface area contributed by atoms with Crippen molar-refractivity contribution in [3.63, 3.8) is 0 Å². The molecule has 134 valence electrons.